The number of sulfonamides is 1. The number of alkyl halides is 3. The predicted octanol–water partition coefficient (Wildman–Crippen LogP) is 7.68. The van der Waals surface area contributed by atoms with Gasteiger partial charge in [-0.05, 0) is 61.0 Å². The molecule has 1 fully saturated rings. The number of hydrogen-bond acceptors (Lipinski definition) is 8. The first-order valence-corrected chi connectivity index (χ1v) is 23.0. The van der Waals surface area contributed by atoms with E-state index in [2.05, 4.69) is 10.2 Å². The highest BCUT2D eigenvalue weighted by Gasteiger charge is 2.47. The Morgan fingerprint density at radius 2 is 1.34 bits per heavy atom. The van der Waals surface area contributed by atoms with Gasteiger partial charge in [0.15, 0.2) is 5.82 Å². The molecule has 2 amide bonds. The van der Waals surface area contributed by atoms with Gasteiger partial charge in [-0.15, -0.1) is 0 Å². The minimum Gasteiger partial charge on any atom is -0.383 e. The van der Waals surface area contributed by atoms with Crippen molar-refractivity contribution < 1.29 is 44.7 Å². The fourth-order valence-electron chi connectivity index (χ4n) is 9.06. The van der Waals surface area contributed by atoms with Gasteiger partial charge in [0.25, 0.3) is 5.91 Å². The summed E-state index contributed by atoms with van der Waals surface area (Å²) in [4.78, 5) is 32.4. The van der Waals surface area contributed by atoms with E-state index in [9.17, 15) is 35.2 Å². The predicted molar refractivity (Wildman–Crippen MR) is 243 cm³/mol. The van der Waals surface area contributed by atoms with Crippen LogP contribution in [-0.2, 0) is 38.1 Å². The monoisotopic (exact) mass is 941 g/mol. The maximum Gasteiger partial charge on any atom is 0.471 e. The number of anilines is 3. The minimum absolute atomic E-state index is 0.00313. The molecule has 12 nitrogen and oxygen atoms in total. The molecule has 1 N–H and O–H groups in total. The van der Waals surface area contributed by atoms with E-state index < -0.39 is 62.7 Å². The van der Waals surface area contributed by atoms with Crippen molar-refractivity contribution in [1.82, 2.24) is 19.0 Å². The summed E-state index contributed by atoms with van der Waals surface area (Å²) in [5.41, 5.74) is 1.53. The first-order valence-electron chi connectivity index (χ1n) is 21.6. The van der Waals surface area contributed by atoms with Crippen molar-refractivity contribution in [2.24, 2.45) is 0 Å². The number of carbonyl (C=O) groups is 2. The van der Waals surface area contributed by atoms with Crippen molar-refractivity contribution in [2.75, 3.05) is 68.6 Å². The maximum atomic E-state index is 15.0. The molecule has 1 aromatic heterocycles. The van der Waals surface area contributed by atoms with Crippen LogP contribution in [0.15, 0.2) is 132 Å². The largest absolute Gasteiger partial charge is 0.471 e. The van der Waals surface area contributed by atoms with Crippen LogP contribution in [-0.4, -0.2) is 105 Å². The summed E-state index contributed by atoms with van der Waals surface area (Å²) < 4.78 is 109. The average Bonchev–Trinajstić information content (AvgIpc) is 3.67. The molecule has 67 heavy (non-hydrogen) atoms. The molecule has 2 aliphatic rings. The number of nitrogens with zero attached hydrogens (tertiary/aromatic N) is 6. The lowest BCUT2D eigenvalue weighted by Gasteiger charge is -2.38. The van der Waals surface area contributed by atoms with Crippen LogP contribution < -0.4 is 15.1 Å². The zero-order valence-corrected chi connectivity index (χ0v) is 37.7. The number of fused-ring (bicyclic) bond motifs is 1. The molecule has 6 aromatic rings. The summed E-state index contributed by atoms with van der Waals surface area (Å²) >= 11 is 0. The lowest BCUT2D eigenvalue weighted by Crippen LogP contribution is -2.49. The smallest absolute Gasteiger partial charge is 0.383 e. The Labute approximate surface area is 385 Å². The molecule has 0 radical (unpaired) electrons. The van der Waals surface area contributed by atoms with Gasteiger partial charge in [0, 0.05) is 75.8 Å². The number of halogens is 5. The van der Waals surface area contributed by atoms with Crippen molar-refractivity contribution in [1.29, 1.82) is 0 Å². The Hall–Kier alpha value is -6.47. The fraction of sp³-hybridized carbons (Fsp3) is 0.286. The summed E-state index contributed by atoms with van der Waals surface area (Å²) in [5.74, 6) is -5.49. The lowest BCUT2D eigenvalue weighted by molar-refractivity contribution is -0.171. The van der Waals surface area contributed by atoms with E-state index in [-0.39, 0.29) is 42.2 Å². The number of rotatable bonds is 13. The molecular weight excluding hydrogens is 894 g/mol. The van der Waals surface area contributed by atoms with Gasteiger partial charge in [-0.2, -0.15) is 22.6 Å². The summed E-state index contributed by atoms with van der Waals surface area (Å²) in [6, 6.07) is 33.5. The summed E-state index contributed by atoms with van der Waals surface area (Å²) in [5, 5.41) is 7.97. The number of amides is 2. The van der Waals surface area contributed by atoms with E-state index in [1.807, 2.05) is 103 Å². The number of methoxy groups -OCH3 is 1. The quantitative estimate of drug-likeness (QED) is 0.0926. The number of hydrogen-bond donors (Lipinski definition) is 1. The van der Waals surface area contributed by atoms with Crippen molar-refractivity contribution in [3.05, 3.63) is 173 Å². The van der Waals surface area contributed by atoms with Crippen LogP contribution in [0.4, 0.5) is 39.1 Å². The van der Waals surface area contributed by atoms with Crippen molar-refractivity contribution in [2.45, 2.75) is 42.5 Å². The van der Waals surface area contributed by atoms with Crippen LogP contribution in [0.25, 0.3) is 0 Å². The van der Waals surface area contributed by atoms with Crippen LogP contribution in [0.2, 0.25) is 0 Å². The van der Waals surface area contributed by atoms with Crippen molar-refractivity contribution in [3.63, 3.8) is 0 Å². The molecule has 0 saturated carbocycles. The number of benzene rings is 5. The third kappa shape index (κ3) is 9.18. The second-order valence-corrected chi connectivity index (χ2v) is 18.5. The zero-order valence-electron chi connectivity index (χ0n) is 36.9. The third-order valence-electron chi connectivity index (χ3n) is 12.3. The molecule has 18 heteroatoms. The van der Waals surface area contributed by atoms with Crippen LogP contribution in [0.3, 0.4) is 0 Å². The molecule has 0 spiro atoms. The Balaban J connectivity index is 1.34. The van der Waals surface area contributed by atoms with Crippen LogP contribution in [0, 0.1) is 11.6 Å². The van der Waals surface area contributed by atoms with Gasteiger partial charge in [0.2, 0.25) is 10.0 Å². The molecule has 0 unspecified atom stereocenters. The van der Waals surface area contributed by atoms with Gasteiger partial charge in [-0.25, -0.2) is 21.9 Å². The van der Waals surface area contributed by atoms with E-state index in [0.717, 1.165) is 33.1 Å². The molecular formula is C49H48F5N7O5S. The highest BCUT2D eigenvalue weighted by molar-refractivity contribution is 7.89. The van der Waals surface area contributed by atoms with Crippen LogP contribution >= 0.6 is 0 Å². The number of nitrogens with one attached hydrogen (secondary N) is 1. The van der Waals surface area contributed by atoms with Gasteiger partial charge in [0.1, 0.15) is 17.2 Å². The van der Waals surface area contributed by atoms with Crippen molar-refractivity contribution in [3.8, 4) is 0 Å². The first-order chi connectivity index (χ1) is 32.0. The second kappa shape index (κ2) is 19.0. The summed E-state index contributed by atoms with van der Waals surface area (Å²) in [6.07, 6.45) is -5.34. The second-order valence-electron chi connectivity index (χ2n) is 16.6. The van der Waals surface area contributed by atoms with Gasteiger partial charge in [-0.1, -0.05) is 91.0 Å². The first kappa shape index (κ1) is 47.0. The molecule has 8 rings (SSSR count). The van der Waals surface area contributed by atoms with E-state index in [4.69, 9.17) is 9.84 Å². The number of aromatic nitrogens is 2. The van der Waals surface area contributed by atoms with E-state index in [0.29, 0.717) is 48.5 Å². The molecule has 2 aliphatic heterocycles. The maximum absolute atomic E-state index is 15.0. The molecule has 5 aromatic carbocycles. The Morgan fingerprint density at radius 3 is 1.87 bits per heavy atom. The molecule has 1 atom stereocenters. The van der Waals surface area contributed by atoms with E-state index in [1.54, 1.807) is 10.7 Å². The van der Waals surface area contributed by atoms with Gasteiger partial charge in [-0.3, -0.25) is 14.5 Å². The summed E-state index contributed by atoms with van der Waals surface area (Å²) in [7, 11) is -1.33. The standard InChI is InChI=1S/C49H48F5N7O5S/c1-33(32-66-3)60(47(63)49(52,53)54)44-30-39(58-25-23-57(2)24-26-58)19-20-41(44)46(62)55-45-42-31-59(67(64,65)40-28-37(50)27-38(51)29-40)22-21-43(42)61(56-45)48(34-13-7-4-8-14-34,35-15-9-5-10-16-35)36-17-11-6-12-18-36/h4-20,27-30,33H,21-26,31-32H2,1-3H3,(H,55,56,62)/t33-/m0/s1. The highest BCUT2D eigenvalue weighted by Crippen LogP contribution is 2.44. The molecule has 3 heterocycles. The molecule has 0 aliphatic carbocycles. The molecule has 1 saturated heterocycles. The Bertz CT molecular complexity index is 2740. The highest BCUT2D eigenvalue weighted by atomic mass is 32.2. The normalized spacial score (nSPS) is 15.5. The molecule has 0 bridgehead atoms. The lowest BCUT2D eigenvalue weighted by atomic mass is 9.76. The Morgan fingerprint density at radius 1 is 0.791 bits per heavy atom. The molecule has 350 valence electrons. The van der Waals surface area contributed by atoms with Gasteiger partial charge < -0.3 is 19.9 Å². The Kier molecular flexibility index (Phi) is 13.4. The van der Waals surface area contributed by atoms with E-state index >= 15 is 4.79 Å². The minimum atomic E-state index is -5.34. The van der Waals surface area contributed by atoms with Gasteiger partial charge in [0.05, 0.1) is 28.8 Å². The van der Waals surface area contributed by atoms with Gasteiger partial charge >= 0.3 is 12.1 Å². The average molecular weight is 942 g/mol. The number of ether oxygens (including phenoxy) is 1. The van der Waals surface area contributed by atoms with Crippen LogP contribution in [0.1, 0.15) is 45.2 Å². The summed E-state index contributed by atoms with van der Waals surface area (Å²) in [6.45, 7) is 2.86. The number of piperazine rings is 1. The van der Waals surface area contributed by atoms with Crippen molar-refractivity contribution >= 4 is 39.0 Å². The SMILES string of the molecule is COC[C@H](C)N(C(=O)C(F)(F)F)c1cc(N2CCN(C)CC2)ccc1C(=O)Nc1nn(C(c2ccccc2)(c2ccccc2)c2ccccc2)c2c1CN(S(=O)(=O)c1cc(F)cc(F)c1)CC2. The topological polar surface area (TPSA) is 120 Å². The number of likely N-dealkylation sites (N-methyl/N-ethyl adjacent to an activating group) is 1. The van der Waals surface area contributed by atoms with Crippen LogP contribution in [0.5, 0.6) is 0 Å². The third-order valence-corrected chi connectivity index (χ3v) is 14.1. The number of carbonyl (C=O) groups excluding carboxylic acids is 2. The van der Waals surface area contributed by atoms with E-state index in [1.165, 1.54) is 26.2 Å². The fourth-order valence-corrected chi connectivity index (χ4v) is 10.5. The zero-order chi connectivity index (χ0) is 47.7.